The highest BCUT2D eigenvalue weighted by molar-refractivity contribution is 5.80. The Morgan fingerprint density at radius 1 is 0.533 bits per heavy atom. The van der Waals surface area contributed by atoms with Crippen LogP contribution in [0.5, 0.6) is 0 Å². The van der Waals surface area contributed by atoms with Crippen molar-refractivity contribution in [3.8, 4) is 0 Å². The summed E-state index contributed by atoms with van der Waals surface area (Å²) in [5.41, 5.74) is 0. The minimum Gasteiger partial charge on any atom is -0.394 e. The van der Waals surface area contributed by atoms with Crippen molar-refractivity contribution in [2.24, 2.45) is 0 Å². The van der Waals surface area contributed by atoms with E-state index in [1.807, 2.05) is 6.08 Å². The van der Waals surface area contributed by atoms with Gasteiger partial charge in [0.15, 0.2) is 0 Å². The van der Waals surface area contributed by atoms with Gasteiger partial charge in [-0.1, -0.05) is 179 Å². The van der Waals surface area contributed by atoms with Gasteiger partial charge in [0.1, 0.15) is 6.10 Å². The molecule has 5 heteroatoms. The van der Waals surface area contributed by atoms with Crippen LogP contribution in [0.25, 0.3) is 0 Å². The molecule has 0 rings (SSSR count). The molecule has 0 aromatic heterocycles. The molecule has 1 amide bonds. The minimum absolute atomic E-state index is 0.366. The number of hydrogen-bond donors (Lipinski definition) is 4. The summed E-state index contributed by atoms with van der Waals surface area (Å²) in [6, 6.07) is -0.798. The molecule has 0 aliphatic heterocycles. The molecular formula is C40H77NO4. The van der Waals surface area contributed by atoms with Crippen LogP contribution in [0, 0.1) is 0 Å². The standard InChI is InChI=1S/C40H77NO4/c1-3-5-7-9-11-13-15-16-17-18-19-20-21-22-23-25-26-28-30-32-34-38(43)37(36-42)41-40(45)39(44)35-33-31-29-27-24-14-12-10-8-6-4-2/h12,14,32,34,37-39,42-44H,3-11,13,15-31,33,35-36H2,1-2H3,(H,41,45)/b14-12-,34-32+. The zero-order valence-corrected chi connectivity index (χ0v) is 30.0. The summed E-state index contributed by atoms with van der Waals surface area (Å²) < 4.78 is 0. The molecule has 3 atom stereocenters. The number of nitrogens with one attached hydrogen (secondary N) is 1. The highest BCUT2D eigenvalue weighted by Crippen LogP contribution is 2.15. The van der Waals surface area contributed by atoms with Gasteiger partial charge in [-0.15, -0.1) is 0 Å². The third kappa shape index (κ3) is 31.2. The summed E-state index contributed by atoms with van der Waals surface area (Å²) in [5, 5.41) is 32.9. The third-order valence-corrected chi connectivity index (χ3v) is 9.04. The van der Waals surface area contributed by atoms with Crippen LogP contribution >= 0.6 is 0 Å². The summed E-state index contributed by atoms with van der Waals surface area (Å²) in [4.78, 5) is 12.4. The highest BCUT2D eigenvalue weighted by Gasteiger charge is 2.22. The fraction of sp³-hybridized carbons (Fsp3) is 0.875. The SMILES string of the molecule is CCCCC/C=C\CCCCCCC(O)C(=O)NC(CO)C(O)/C=C/CCCCCCCCCCCCCCCCCCCC. The number of aliphatic hydroxyl groups is 3. The van der Waals surface area contributed by atoms with Crippen LogP contribution < -0.4 is 5.32 Å². The second kappa shape index (κ2) is 35.7. The Morgan fingerprint density at radius 3 is 1.33 bits per heavy atom. The minimum atomic E-state index is -1.10. The molecule has 5 nitrogen and oxygen atoms in total. The predicted octanol–water partition coefficient (Wildman–Crippen LogP) is 10.7. The number of aliphatic hydroxyl groups excluding tert-OH is 3. The van der Waals surface area contributed by atoms with Gasteiger partial charge in [-0.3, -0.25) is 4.79 Å². The van der Waals surface area contributed by atoms with Crippen molar-refractivity contribution in [1.29, 1.82) is 0 Å². The van der Waals surface area contributed by atoms with Crippen molar-refractivity contribution in [3.63, 3.8) is 0 Å². The molecule has 3 unspecified atom stereocenters. The third-order valence-electron chi connectivity index (χ3n) is 9.04. The quantitative estimate of drug-likeness (QED) is 0.0412. The highest BCUT2D eigenvalue weighted by atomic mass is 16.3. The second-order valence-corrected chi connectivity index (χ2v) is 13.5. The Labute approximate surface area is 280 Å². The maximum atomic E-state index is 12.4. The lowest BCUT2D eigenvalue weighted by atomic mass is 10.0. The van der Waals surface area contributed by atoms with Crippen LogP contribution in [0.15, 0.2) is 24.3 Å². The molecule has 0 heterocycles. The summed E-state index contributed by atoms with van der Waals surface area (Å²) in [6.07, 6.45) is 42.0. The smallest absolute Gasteiger partial charge is 0.249 e. The predicted molar refractivity (Wildman–Crippen MR) is 195 cm³/mol. The van der Waals surface area contributed by atoms with Gasteiger partial charge in [-0.2, -0.15) is 0 Å². The fourth-order valence-corrected chi connectivity index (χ4v) is 5.88. The van der Waals surface area contributed by atoms with Crippen molar-refractivity contribution in [2.45, 2.75) is 218 Å². The first-order valence-corrected chi connectivity index (χ1v) is 19.7. The van der Waals surface area contributed by atoms with Crippen molar-refractivity contribution in [3.05, 3.63) is 24.3 Å². The van der Waals surface area contributed by atoms with Crippen LogP contribution in [0.4, 0.5) is 0 Å². The van der Waals surface area contributed by atoms with Crippen molar-refractivity contribution < 1.29 is 20.1 Å². The van der Waals surface area contributed by atoms with E-state index >= 15 is 0 Å². The lowest BCUT2D eigenvalue weighted by Crippen LogP contribution is -2.48. The lowest BCUT2D eigenvalue weighted by Gasteiger charge is -2.21. The molecule has 0 fully saturated rings. The van der Waals surface area contributed by atoms with E-state index in [1.165, 1.54) is 135 Å². The molecule has 0 aliphatic carbocycles. The number of carbonyl (C=O) groups is 1. The van der Waals surface area contributed by atoms with E-state index < -0.39 is 24.2 Å². The van der Waals surface area contributed by atoms with E-state index in [0.29, 0.717) is 6.42 Å². The van der Waals surface area contributed by atoms with E-state index in [1.54, 1.807) is 6.08 Å². The molecule has 266 valence electrons. The fourth-order valence-electron chi connectivity index (χ4n) is 5.88. The van der Waals surface area contributed by atoms with Crippen molar-refractivity contribution >= 4 is 5.91 Å². The van der Waals surface area contributed by atoms with Gasteiger partial charge in [0.2, 0.25) is 5.91 Å². The molecule has 0 aliphatic rings. The molecule has 0 aromatic carbocycles. The molecule has 0 aromatic rings. The Hall–Kier alpha value is -1.17. The maximum absolute atomic E-state index is 12.4. The Morgan fingerprint density at radius 2 is 0.889 bits per heavy atom. The first-order chi connectivity index (χ1) is 22.1. The van der Waals surface area contributed by atoms with Gasteiger partial charge in [0, 0.05) is 0 Å². The molecule has 45 heavy (non-hydrogen) atoms. The van der Waals surface area contributed by atoms with Gasteiger partial charge in [0.25, 0.3) is 0 Å². The molecule has 4 N–H and O–H groups in total. The summed E-state index contributed by atoms with van der Waals surface area (Å²) >= 11 is 0. The van der Waals surface area contributed by atoms with Crippen LogP contribution in [0.3, 0.4) is 0 Å². The second-order valence-electron chi connectivity index (χ2n) is 13.5. The van der Waals surface area contributed by atoms with Gasteiger partial charge in [-0.25, -0.2) is 0 Å². The molecule has 0 saturated carbocycles. The largest absolute Gasteiger partial charge is 0.394 e. The number of amides is 1. The van der Waals surface area contributed by atoms with E-state index in [2.05, 4.69) is 31.3 Å². The van der Waals surface area contributed by atoms with E-state index in [0.717, 1.165) is 44.9 Å². The Balaban J connectivity index is 3.69. The summed E-state index contributed by atoms with van der Waals surface area (Å²) in [6.45, 7) is 4.14. The first kappa shape index (κ1) is 43.8. The molecular weight excluding hydrogens is 558 g/mol. The molecule has 0 spiro atoms. The average Bonchev–Trinajstić information content (AvgIpc) is 3.04. The van der Waals surface area contributed by atoms with Gasteiger partial charge in [0.05, 0.1) is 18.8 Å². The molecule has 0 bridgehead atoms. The van der Waals surface area contributed by atoms with Crippen molar-refractivity contribution in [1.82, 2.24) is 5.32 Å². The monoisotopic (exact) mass is 636 g/mol. The van der Waals surface area contributed by atoms with Crippen molar-refractivity contribution in [2.75, 3.05) is 6.61 Å². The molecule has 0 saturated heterocycles. The number of rotatable bonds is 35. The number of unbranched alkanes of at least 4 members (excludes halogenated alkanes) is 25. The van der Waals surface area contributed by atoms with Gasteiger partial charge >= 0.3 is 0 Å². The van der Waals surface area contributed by atoms with Crippen LogP contribution in [0.2, 0.25) is 0 Å². The van der Waals surface area contributed by atoms with Crippen LogP contribution in [-0.2, 0) is 4.79 Å². The Kier molecular flexibility index (Phi) is 34.8. The van der Waals surface area contributed by atoms with Crippen LogP contribution in [-0.4, -0.2) is 46.1 Å². The van der Waals surface area contributed by atoms with Gasteiger partial charge < -0.3 is 20.6 Å². The summed E-state index contributed by atoms with van der Waals surface area (Å²) in [5.74, 6) is -0.514. The zero-order valence-electron chi connectivity index (χ0n) is 30.0. The van der Waals surface area contributed by atoms with E-state index in [4.69, 9.17) is 0 Å². The van der Waals surface area contributed by atoms with E-state index in [-0.39, 0.29) is 6.61 Å². The lowest BCUT2D eigenvalue weighted by molar-refractivity contribution is -0.131. The molecule has 0 radical (unpaired) electrons. The maximum Gasteiger partial charge on any atom is 0.249 e. The summed E-state index contributed by atoms with van der Waals surface area (Å²) in [7, 11) is 0. The number of hydrogen-bond acceptors (Lipinski definition) is 4. The number of allylic oxidation sites excluding steroid dienone is 3. The van der Waals surface area contributed by atoms with E-state index in [9.17, 15) is 20.1 Å². The average molecular weight is 636 g/mol. The number of carbonyl (C=O) groups excluding carboxylic acids is 1. The topological polar surface area (TPSA) is 89.8 Å². The first-order valence-electron chi connectivity index (χ1n) is 19.7. The van der Waals surface area contributed by atoms with Gasteiger partial charge in [-0.05, 0) is 44.9 Å². The van der Waals surface area contributed by atoms with Crippen LogP contribution in [0.1, 0.15) is 200 Å². The Bertz CT molecular complexity index is 665. The zero-order chi connectivity index (χ0) is 33.1. The normalized spacial score (nSPS) is 14.0.